The first kappa shape index (κ1) is 28.3. The molecule has 38 heavy (non-hydrogen) atoms. The number of hydrogen-bond acceptors (Lipinski definition) is 5. The first-order valence-corrected chi connectivity index (χ1v) is 13.9. The van der Waals surface area contributed by atoms with Crippen molar-refractivity contribution >= 4 is 62.8 Å². The third-order valence-corrected chi connectivity index (χ3v) is 8.16. The van der Waals surface area contributed by atoms with Crippen molar-refractivity contribution in [2.75, 3.05) is 13.1 Å². The van der Waals surface area contributed by atoms with Crippen molar-refractivity contribution in [1.82, 2.24) is 20.1 Å². The molecule has 1 aromatic heterocycles. The van der Waals surface area contributed by atoms with E-state index in [0.717, 1.165) is 32.1 Å². The fourth-order valence-electron chi connectivity index (χ4n) is 5.14. The number of aliphatic carboxylic acids is 1. The summed E-state index contributed by atoms with van der Waals surface area (Å²) in [6.45, 7) is 0.195. The van der Waals surface area contributed by atoms with E-state index in [1.54, 1.807) is 6.07 Å². The molecule has 1 aliphatic carbocycles. The smallest absolute Gasteiger partial charge is 0.305 e. The maximum atomic E-state index is 13.8. The van der Waals surface area contributed by atoms with Crippen LogP contribution < -0.4 is 5.32 Å². The van der Waals surface area contributed by atoms with Crippen LogP contribution in [0.3, 0.4) is 0 Å². The summed E-state index contributed by atoms with van der Waals surface area (Å²) in [6.07, 6.45) is 6.00. The summed E-state index contributed by atoms with van der Waals surface area (Å²) in [5.74, 6) is -2.61. The zero-order valence-corrected chi connectivity index (χ0v) is 23.5. The van der Waals surface area contributed by atoms with Crippen molar-refractivity contribution in [3.8, 4) is 0 Å². The number of benzene rings is 1. The number of pyridine rings is 1. The lowest BCUT2D eigenvalue weighted by atomic mass is 9.82. The molecular formula is C26H27BrCl2N4O5. The number of carbonyl (C=O) groups is 4. The Kier molecular flexibility index (Phi) is 9.27. The molecule has 1 saturated carbocycles. The Morgan fingerprint density at radius 3 is 2.24 bits per heavy atom. The molecular weight excluding hydrogens is 599 g/mol. The second-order valence-electron chi connectivity index (χ2n) is 9.50. The molecule has 1 saturated heterocycles. The minimum atomic E-state index is -1.29. The van der Waals surface area contributed by atoms with Gasteiger partial charge < -0.3 is 20.2 Å². The van der Waals surface area contributed by atoms with Crippen molar-refractivity contribution in [3.05, 3.63) is 62.3 Å². The number of amides is 3. The van der Waals surface area contributed by atoms with Gasteiger partial charge in [-0.3, -0.25) is 24.2 Å². The standard InChI is InChI=1S/C26H27BrCl2N4O5/c27-18-10-17(13-30-14-18)26(38)33-9-8-32(25(37)16-6-7-19(28)20(29)11-16)24(33)23(36)31-21(12-22(34)35)15-4-2-1-3-5-15/h6-7,10-11,13-15,21,24H,1-5,8-9,12H2,(H,31,36)(H,34,35). The molecule has 1 aromatic carbocycles. The van der Waals surface area contributed by atoms with E-state index in [0.29, 0.717) is 4.47 Å². The van der Waals surface area contributed by atoms with Gasteiger partial charge in [-0.2, -0.15) is 0 Å². The van der Waals surface area contributed by atoms with Gasteiger partial charge in [-0.25, -0.2) is 0 Å². The quantitative estimate of drug-likeness (QED) is 0.464. The summed E-state index contributed by atoms with van der Waals surface area (Å²) in [5.41, 5.74) is 0.459. The summed E-state index contributed by atoms with van der Waals surface area (Å²) in [4.78, 5) is 59.1. The zero-order valence-electron chi connectivity index (χ0n) is 20.4. The van der Waals surface area contributed by atoms with E-state index >= 15 is 0 Å². The van der Waals surface area contributed by atoms with Crippen LogP contribution in [0, 0.1) is 5.92 Å². The fourth-order valence-corrected chi connectivity index (χ4v) is 5.81. The van der Waals surface area contributed by atoms with Crippen LogP contribution in [0.4, 0.5) is 0 Å². The number of halogens is 3. The van der Waals surface area contributed by atoms with E-state index in [1.165, 1.54) is 40.4 Å². The van der Waals surface area contributed by atoms with E-state index in [2.05, 4.69) is 26.2 Å². The average molecular weight is 626 g/mol. The van der Waals surface area contributed by atoms with E-state index in [-0.39, 0.29) is 46.6 Å². The lowest BCUT2D eigenvalue weighted by molar-refractivity contribution is -0.138. The highest BCUT2D eigenvalue weighted by atomic mass is 79.9. The molecule has 9 nitrogen and oxygen atoms in total. The van der Waals surface area contributed by atoms with E-state index in [9.17, 15) is 24.3 Å². The summed E-state index contributed by atoms with van der Waals surface area (Å²) < 4.78 is 0.589. The molecule has 0 bridgehead atoms. The molecule has 2 aliphatic rings. The molecule has 2 unspecified atom stereocenters. The number of hydrogen-bond donors (Lipinski definition) is 2. The molecule has 4 rings (SSSR count). The predicted octanol–water partition coefficient (Wildman–Crippen LogP) is 4.62. The Bertz CT molecular complexity index is 1240. The van der Waals surface area contributed by atoms with Crippen molar-refractivity contribution in [2.24, 2.45) is 5.92 Å². The van der Waals surface area contributed by atoms with Gasteiger partial charge in [-0.15, -0.1) is 0 Å². The van der Waals surface area contributed by atoms with Gasteiger partial charge in [0.2, 0.25) is 0 Å². The van der Waals surface area contributed by atoms with Crippen LogP contribution >= 0.6 is 39.1 Å². The third-order valence-electron chi connectivity index (χ3n) is 6.99. The summed E-state index contributed by atoms with van der Waals surface area (Å²) in [7, 11) is 0. The van der Waals surface area contributed by atoms with Crippen molar-refractivity contribution in [3.63, 3.8) is 0 Å². The van der Waals surface area contributed by atoms with Crippen LogP contribution in [0.1, 0.15) is 59.2 Å². The van der Waals surface area contributed by atoms with Gasteiger partial charge in [0.25, 0.3) is 17.7 Å². The Balaban J connectivity index is 1.66. The molecule has 12 heteroatoms. The van der Waals surface area contributed by atoms with Crippen LogP contribution in [-0.2, 0) is 9.59 Å². The molecule has 2 fully saturated rings. The topological polar surface area (TPSA) is 120 Å². The minimum absolute atomic E-state index is 0.00265. The number of carboxylic acids is 1. The van der Waals surface area contributed by atoms with Gasteiger partial charge in [0, 0.05) is 41.6 Å². The Hall–Kier alpha value is -2.69. The molecule has 3 amide bonds. The molecule has 1 aliphatic heterocycles. The first-order valence-electron chi connectivity index (χ1n) is 12.4. The van der Waals surface area contributed by atoms with Gasteiger partial charge in [0.1, 0.15) is 0 Å². The van der Waals surface area contributed by atoms with E-state index in [4.69, 9.17) is 23.2 Å². The van der Waals surface area contributed by atoms with Crippen LogP contribution in [0.2, 0.25) is 10.0 Å². The molecule has 2 heterocycles. The van der Waals surface area contributed by atoms with Crippen molar-refractivity contribution in [2.45, 2.75) is 50.7 Å². The molecule has 0 spiro atoms. The van der Waals surface area contributed by atoms with Gasteiger partial charge in [-0.1, -0.05) is 42.5 Å². The lowest BCUT2D eigenvalue weighted by Crippen LogP contribution is -2.57. The van der Waals surface area contributed by atoms with Crippen LogP contribution in [0.15, 0.2) is 41.1 Å². The average Bonchev–Trinajstić information content (AvgIpc) is 3.34. The molecule has 0 radical (unpaired) electrons. The van der Waals surface area contributed by atoms with Crippen LogP contribution in [-0.4, -0.2) is 68.9 Å². The SMILES string of the molecule is O=C(O)CC(NC(=O)C1N(C(=O)c2cncc(Br)c2)CCN1C(=O)c1ccc(Cl)c(Cl)c1)C1CCCCC1. The van der Waals surface area contributed by atoms with Gasteiger partial charge in [-0.05, 0) is 59.0 Å². The van der Waals surface area contributed by atoms with Gasteiger partial charge >= 0.3 is 5.97 Å². The van der Waals surface area contributed by atoms with E-state index < -0.39 is 35.9 Å². The maximum absolute atomic E-state index is 13.8. The highest BCUT2D eigenvalue weighted by molar-refractivity contribution is 9.10. The second-order valence-corrected chi connectivity index (χ2v) is 11.2. The normalized spacial score (nSPS) is 18.8. The van der Waals surface area contributed by atoms with Gasteiger partial charge in [0.05, 0.1) is 22.0 Å². The highest BCUT2D eigenvalue weighted by Crippen LogP contribution is 2.30. The Labute approximate surface area is 238 Å². The first-order chi connectivity index (χ1) is 18.2. The number of carbonyl (C=O) groups excluding carboxylic acids is 3. The summed E-state index contributed by atoms with van der Waals surface area (Å²) >= 11 is 15.4. The van der Waals surface area contributed by atoms with Gasteiger partial charge in [0.15, 0.2) is 6.17 Å². The summed E-state index contributed by atoms with van der Waals surface area (Å²) in [5, 5.41) is 12.9. The zero-order chi connectivity index (χ0) is 27.4. The summed E-state index contributed by atoms with van der Waals surface area (Å²) in [6, 6.07) is 5.38. The second kappa shape index (κ2) is 12.4. The fraction of sp³-hybridized carbons (Fsp3) is 0.423. The molecule has 202 valence electrons. The van der Waals surface area contributed by atoms with Crippen LogP contribution in [0.25, 0.3) is 0 Å². The highest BCUT2D eigenvalue weighted by Gasteiger charge is 2.44. The minimum Gasteiger partial charge on any atom is -0.481 e. The molecule has 2 N–H and O–H groups in total. The lowest BCUT2D eigenvalue weighted by Gasteiger charge is -2.34. The largest absolute Gasteiger partial charge is 0.481 e. The number of rotatable bonds is 7. The number of carboxylic acid groups (broad SMARTS) is 1. The third kappa shape index (κ3) is 6.47. The van der Waals surface area contributed by atoms with Crippen LogP contribution in [0.5, 0.6) is 0 Å². The maximum Gasteiger partial charge on any atom is 0.305 e. The predicted molar refractivity (Wildman–Crippen MR) is 145 cm³/mol. The van der Waals surface area contributed by atoms with Crippen molar-refractivity contribution in [1.29, 1.82) is 0 Å². The number of aromatic nitrogens is 1. The monoisotopic (exact) mass is 624 g/mol. The Morgan fingerprint density at radius 1 is 0.974 bits per heavy atom. The van der Waals surface area contributed by atoms with Crippen molar-refractivity contribution < 1.29 is 24.3 Å². The number of nitrogens with one attached hydrogen (secondary N) is 1. The number of nitrogens with zero attached hydrogens (tertiary/aromatic N) is 3. The molecule has 2 aromatic rings. The van der Waals surface area contributed by atoms with E-state index in [1.807, 2.05) is 0 Å². The Morgan fingerprint density at radius 2 is 1.63 bits per heavy atom. The molecule has 2 atom stereocenters.